The molecule has 0 amide bonds. The van der Waals surface area contributed by atoms with Crippen molar-refractivity contribution in [1.82, 2.24) is 0 Å². The minimum atomic E-state index is 0.158. The Morgan fingerprint density at radius 1 is 1.25 bits per heavy atom. The first-order valence-electron chi connectivity index (χ1n) is 5.96. The first-order chi connectivity index (χ1) is 7.74. The first kappa shape index (κ1) is 12.8. The summed E-state index contributed by atoms with van der Waals surface area (Å²) in [5, 5.41) is 9.15. The van der Waals surface area contributed by atoms with Gasteiger partial charge in [-0.15, -0.1) is 0 Å². The number of aliphatic hydroxyl groups excluding tert-OH is 1. The summed E-state index contributed by atoms with van der Waals surface area (Å²) in [6.45, 7) is 5.13. The molecule has 0 heterocycles. The molecule has 0 atom stereocenters. The van der Waals surface area contributed by atoms with Crippen molar-refractivity contribution in [2.75, 3.05) is 23.8 Å². The van der Waals surface area contributed by atoms with E-state index >= 15 is 0 Å². The van der Waals surface area contributed by atoms with E-state index < -0.39 is 0 Å². The molecule has 0 aliphatic rings. The van der Waals surface area contributed by atoms with Crippen LogP contribution in [0.25, 0.3) is 0 Å². The smallest absolute Gasteiger partial charge is 0.0606 e. The second-order valence-corrected chi connectivity index (χ2v) is 3.95. The Hall–Kier alpha value is -1.22. The highest BCUT2D eigenvalue weighted by Gasteiger charge is 2.16. The predicted molar refractivity (Wildman–Crippen MR) is 69.7 cm³/mol. The third-order valence-corrected chi connectivity index (χ3v) is 2.97. The van der Waals surface area contributed by atoms with Crippen molar-refractivity contribution in [1.29, 1.82) is 0 Å². The second-order valence-electron chi connectivity index (χ2n) is 3.95. The molecule has 1 aromatic rings. The Morgan fingerprint density at radius 2 is 1.88 bits per heavy atom. The Kier molecular flexibility index (Phi) is 5.12. The summed E-state index contributed by atoms with van der Waals surface area (Å²) in [5.74, 6) is 0. The minimum absolute atomic E-state index is 0.158. The molecule has 90 valence electrons. The van der Waals surface area contributed by atoms with E-state index in [9.17, 15) is 0 Å². The molecule has 3 heteroatoms. The Balaban J connectivity index is 2.97. The van der Waals surface area contributed by atoms with Crippen LogP contribution in [0.4, 0.5) is 11.4 Å². The predicted octanol–water partition coefficient (Wildman–Crippen LogP) is 2.26. The highest BCUT2D eigenvalue weighted by molar-refractivity contribution is 5.67. The van der Waals surface area contributed by atoms with Gasteiger partial charge in [-0.3, -0.25) is 0 Å². The number of aliphatic hydroxyl groups is 1. The normalized spacial score (nSPS) is 10.8. The molecular formula is C13H22N2O. The van der Waals surface area contributed by atoms with E-state index in [2.05, 4.69) is 18.7 Å². The number of para-hydroxylation sites is 2. The number of hydrogen-bond donors (Lipinski definition) is 2. The van der Waals surface area contributed by atoms with E-state index in [1.54, 1.807) is 0 Å². The SMILES string of the molecule is CCC(CC)N(CCO)c1ccccc1N. The van der Waals surface area contributed by atoms with Gasteiger partial charge in [-0.05, 0) is 25.0 Å². The quantitative estimate of drug-likeness (QED) is 0.726. The number of rotatable bonds is 6. The zero-order valence-corrected chi connectivity index (χ0v) is 10.2. The third-order valence-electron chi connectivity index (χ3n) is 2.97. The molecule has 0 aliphatic carbocycles. The van der Waals surface area contributed by atoms with Crippen LogP contribution in [-0.2, 0) is 0 Å². The first-order valence-corrected chi connectivity index (χ1v) is 5.96. The van der Waals surface area contributed by atoms with Crippen LogP contribution >= 0.6 is 0 Å². The van der Waals surface area contributed by atoms with Gasteiger partial charge in [0, 0.05) is 12.6 Å². The van der Waals surface area contributed by atoms with Gasteiger partial charge >= 0.3 is 0 Å². The molecule has 0 bridgehead atoms. The fourth-order valence-electron chi connectivity index (χ4n) is 2.09. The highest BCUT2D eigenvalue weighted by atomic mass is 16.3. The minimum Gasteiger partial charge on any atom is -0.397 e. The molecule has 3 nitrogen and oxygen atoms in total. The van der Waals surface area contributed by atoms with E-state index in [1.165, 1.54) is 0 Å². The third kappa shape index (κ3) is 2.89. The van der Waals surface area contributed by atoms with Gasteiger partial charge in [-0.2, -0.15) is 0 Å². The second kappa shape index (κ2) is 6.38. The van der Waals surface area contributed by atoms with E-state index in [0.29, 0.717) is 12.6 Å². The van der Waals surface area contributed by atoms with Gasteiger partial charge in [-0.25, -0.2) is 0 Å². The Morgan fingerprint density at radius 3 is 2.38 bits per heavy atom. The van der Waals surface area contributed by atoms with Crippen molar-refractivity contribution in [3.63, 3.8) is 0 Å². The van der Waals surface area contributed by atoms with Crippen LogP contribution in [-0.4, -0.2) is 24.3 Å². The number of benzene rings is 1. The van der Waals surface area contributed by atoms with Crippen molar-refractivity contribution in [3.8, 4) is 0 Å². The van der Waals surface area contributed by atoms with Gasteiger partial charge in [0.25, 0.3) is 0 Å². The summed E-state index contributed by atoms with van der Waals surface area (Å²) in [4.78, 5) is 2.20. The van der Waals surface area contributed by atoms with Crippen LogP contribution in [0.1, 0.15) is 26.7 Å². The van der Waals surface area contributed by atoms with Crippen molar-refractivity contribution in [2.45, 2.75) is 32.7 Å². The molecule has 0 aliphatic heterocycles. The van der Waals surface area contributed by atoms with Crippen molar-refractivity contribution in [3.05, 3.63) is 24.3 Å². The zero-order chi connectivity index (χ0) is 12.0. The van der Waals surface area contributed by atoms with Gasteiger partial charge in [0.15, 0.2) is 0 Å². The van der Waals surface area contributed by atoms with Gasteiger partial charge < -0.3 is 15.7 Å². The highest BCUT2D eigenvalue weighted by Crippen LogP contribution is 2.26. The number of nitrogens with two attached hydrogens (primary N) is 1. The molecule has 16 heavy (non-hydrogen) atoms. The molecule has 0 spiro atoms. The lowest BCUT2D eigenvalue weighted by atomic mass is 10.1. The molecule has 0 saturated heterocycles. The fraction of sp³-hybridized carbons (Fsp3) is 0.538. The average molecular weight is 222 g/mol. The maximum absolute atomic E-state index is 9.15. The Labute approximate surface area is 97.9 Å². The van der Waals surface area contributed by atoms with Crippen molar-refractivity contribution in [2.24, 2.45) is 0 Å². The van der Waals surface area contributed by atoms with Crippen LogP contribution in [0.2, 0.25) is 0 Å². The summed E-state index contributed by atoms with van der Waals surface area (Å²) >= 11 is 0. The maximum atomic E-state index is 9.15. The summed E-state index contributed by atoms with van der Waals surface area (Å²) in [7, 11) is 0. The number of hydrogen-bond acceptors (Lipinski definition) is 3. The molecule has 0 unspecified atom stereocenters. The number of nitrogens with zero attached hydrogens (tertiary/aromatic N) is 1. The molecule has 3 N–H and O–H groups in total. The van der Waals surface area contributed by atoms with Gasteiger partial charge in [0.05, 0.1) is 18.0 Å². The molecule has 1 rings (SSSR count). The molecule has 0 saturated carbocycles. The number of nitrogen functional groups attached to an aromatic ring is 1. The lowest BCUT2D eigenvalue weighted by Crippen LogP contribution is -2.37. The van der Waals surface area contributed by atoms with Gasteiger partial charge in [0.1, 0.15) is 0 Å². The summed E-state index contributed by atoms with van der Waals surface area (Å²) in [5.41, 5.74) is 7.79. The zero-order valence-electron chi connectivity index (χ0n) is 10.2. The average Bonchev–Trinajstić information content (AvgIpc) is 2.30. The summed E-state index contributed by atoms with van der Waals surface area (Å²) in [6, 6.07) is 8.28. The fourth-order valence-corrected chi connectivity index (χ4v) is 2.09. The topological polar surface area (TPSA) is 49.5 Å². The van der Waals surface area contributed by atoms with E-state index in [0.717, 1.165) is 24.2 Å². The van der Waals surface area contributed by atoms with Gasteiger partial charge in [0.2, 0.25) is 0 Å². The molecule has 0 radical (unpaired) electrons. The van der Waals surface area contributed by atoms with E-state index in [4.69, 9.17) is 10.8 Å². The lowest BCUT2D eigenvalue weighted by molar-refractivity contribution is 0.296. The van der Waals surface area contributed by atoms with Crippen LogP contribution in [0, 0.1) is 0 Å². The summed E-state index contributed by atoms with van der Waals surface area (Å²) < 4.78 is 0. The van der Waals surface area contributed by atoms with E-state index in [-0.39, 0.29) is 6.61 Å². The largest absolute Gasteiger partial charge is 0.397 e. The number of anilines is 2. The van der Waals surface area contributed by atoms with Crippen LogP contribution < -0.4 is 10.6 Å². The lowest BCUT2D eigenvalue weighted by Gasteiger charge is -2.33. The maximum Gasteiger partial charge on any atom is 0.0606 e. The monoisotopic (exact) mass is 222 g/mol. The van der Waals surface area contributed by atoms with Crippen molar-refractivity contribution >= 4 is 11.4 Å². The molecule has 0 aromatic heterocycles. The molecule has 0 fully saturated rings. The van der Waals surface area contributed by atoms with E-state index in [1.807, 2.05) is 24.3 Å². The molecule has 1 aromatic carbocycles. The summed E-state index contributed by atoms with van der Waals surface area (Å²) in [6.07, 6.45) is 2.12. The van der Waals surface area contributed by atoms with Crippen LogP contribution in [0.5, 0.6) is 0 Å². The van der Waals surface area contributed by atoms with Crippen LogP contribution in [0.3, 0.4) is 0 Å². The van der Waals surface area contributed by atoms with Crippen LogP contribution in [0.15, 0.2) is 24.3 Å². The Bertz CT molecular complexity index is 311. The van der Waals surface area contributed by atoms with Gasteiger partial charge in [-0.1, -0.05) is 26.0 Å². The molecular weight excluding hydrogens is 200 g/mol. The standard InChI is InChI=1S/C13H22N2O/c1-3-11(4-2)15(9-10-16)13-8-6-5-7-12(13)14/h5-8,11,16H,3-4,9-10,14H2,1-2H3. The van der Waals surface area contributed by atoms with Crippen molar-refractivity contribution < 1.29 is 5.11 Å².